The highest BCUT2D eigenvalue weighted by Gasteiger charge is 2.19. The molecule has 0 bridgehead atoms. The molecule has 0 aromatic carbocycles. The van der Waals surface area contributed by atoms with E-state index in [4.69, 9.17) is 13.9 Å². The lowest BCUT2D eigenvalue weighted by atomic mass is 10.2. The molecule has 28 heavy (non-hydrogen) atoms. The van der Waals surface area contributed by atoms with E-state index in [1.807, 2.05) is 24.8 Å². The predicted molar refractivity (Wildman–Crippen MR) is 104 cm³/mol. The van der Waals surface area contributed by atoms with Gasteiger partial charge in [0.15, 0.2) is 5.82 Å². The van der Waals surface area contributed by atoms with Crippen molar-refractivity contribution >= 4 is 18.0 Å². The van der Waals surface area contributed by atoms with Crippen LogP contribution in [0.4, 0.5) is 11.8 Å². The molecule has 3 rings (SSSR count). The Morgan fingerprint density at radius 3 is 2.68 bits per heavy atom. The SMILES string of the molecule is Cc1cc(N/N=C/c2nc(OCC(C)(C)O)nc(N3CCOCC3)n2)oc1C. The van der Waals surface area contributed by atoms with E-state index in [0.717, 1.165) is 11.3 Å². The first-order valence-electron chi connectivity index (χ1n) is 9.10. The monoisotopic (exact) mass is 390 g/mol. The summed E-state index contributed by atoms with van der Waals surface area (Å²) in [4.78, 5) is 15.0. The normalized spacial score (nSPS) is 15.2. The van der Waals surface area contributed by atoms with Crippen LogP contribution in [0.25, 0.3) is 0 Å². The van der Waals surface area contributed by atoms with E-state index in [1.54, 1.807) is 13.8 Å². The van der Waals surface area contributed by atoms with Crippen LogP contribution in [0, 0.1) is 13.8 Å². The van der Waals surface area contributed by atoms with Crippen LogP contribution in [0.2, 0.25) is 0 Å². The minimum absolute atomic E-state index is 0.0549. The summed E-state index contributed by atoms with van der Waals surface area (Å²) >= 11 is 0. The zero-order chi connectivity index (χ0) is 20.1. The van der Waals surface area contributed by atoms with Crippen molar-refractivity contribution in [2.45, 2.75) is 33.3 Å². The smallest absolute Gasteiger partial charge is 0.321 e. The van der Waals surface area contributed by atoms with Crippen LogP contribution in [0.5, 0.6) is 6.01 Å². The van der Waals surface area contributed by atoms with E-state index >= 15 is 0 Å². The molecule has 1 saturated heterocycles. The number of aryl methyl sites for hydroxylation is 2. The number of ether oxygens (including phenoxy) is 2. The molecular formula is C18H26N6O4. The highest BCUT2D eigenvalue weighted by atomic mass is 16.5. The molecule has 10 nitrogen and oxygen atoms in total. The average Bonchev–Trinajstić information content (AvgIpc) is 2.98. The van der Waals surface area contributed by atoms with Crippen molar-refractivity contribution in [3.05, 3.63) is 23.2 Å². The molecule has 0 radical (unpaired) electrons. The quantitative estimate of drug-likeness (QED) is 0.536. The van der Waals surface area contributed by atoms with Crippen LogP contribution in [-0.4, -0.2) is 64.8 Å². The van der Waals surface area contributed by atoms with Gasteiger partial charge >= 0.3 is 6.01 Å². The number of aliphatic hydroxyl groups is 1. The average molecular weight is 390 g/mol. The van der Waals surface area contributed by atoms with E-state index < -0.39 is 5.60 Å². The molecular weight excluding hydrogens is 364 g/mol. The molecule has 0 saturated carbocycles. The standard InChI is InChI=1S/C18H26N6O4/c1-12-9-15(28-13(12)2)23-19-10-14-20-16(24-5-7-26-8-6-24)22-17(21-14)27-11-18(3,4)25/h9-10,23,25H,5-8,11H2,1-4H3/b19-10+. The summed E-state index contributed by atoms with van der Waals surface area (Å²) in [5.41, 5.74) is 2.85. The number of morpholine rings is 1. The van der Waals surface area contributed by atoms with E-state index in [2.05, 4.69) is 25.5 Å². The van der Waals surface area contributed by atoms with Crippen molar-refractivity contribution in [2.75, 3.05) is 43.2 Å². The van der Waals surface area contributed by atoms with Crippen LogP contribution in [0.3, 0.4) is 0 Å². The summed E-state index contributed by atoms with van der Waals surface area (Å²) < 4.78 is 16.4. The third-order valence-corrected chi connectivity index (χ3v) is 3.99. The maximum Gasteiger partial charge on any atom is 0.321 e. The molecule has 1 fully saturated rings. The van der Waals surface area contributed by atoms with Crippen LogP contribution in [0.15, 0.2) is 15.6 Å². The molecule has 1 aliphatic heterocycles. The van der Waals surface area contributed by atoms with Gasteiger partial charge in [-0.1, -0.05) is 0 Å². The van der Waals surface area contributed by atoms with Gasteiger partial charge in [0.2, 0.25) is 11.8 Å². The first-order valence-corrected chi connectivity index (χ1v) is 9.10. The van der Waals surface area contributed by atoms with Crippen LogP contribution in [0.1, 0.15) is 31.0 Å². The van der Waals surface area contributed by atoms with Gasteiger partial charge in [0, 0.05) is 19.2 Å². The van der Waals surface area contributed by atoms with E-state index in [1.165, 1.54) is 6.21 Å². The fraction of sp³-hybridized carbons (Fsp3) is 0.556. The van der Waals surface area contributed by atoms with E-state index in [-0.39, 0.29) is 12.6 Å². The zero-order valence-corrected chi connectivity index (χ0v) is 16.6. The highest BCUT2D eigenvalue weighted by molar-refractivity contribution is 5.75. The van der Waals surface area contributed by atoms with Crippen LogP contribution in [-0.2, 0) is 4.74 Å². The van der Waals surface area contributed by atoms with Crippen molar-refractivity contribution < 1.29 is 19.0 Å². The van der Waals surface area contributed by atoms with Gasteiger partial charge in [-0.15, -0.1) is 0 Å². The highest BCUT2D eigenvalue weighted by Crippen LogP contribution is 2.18. The maximum absolute atomic E-state index is 9.89. The van der Waals surface area contributed by atoms with Crippen molar-refractivity contribution in [1.29, 1.82) is 0 Å². The van der Waals surface area contributed by atoms with Crippen molar-refractivity contribution in [2.24, 2.45) is 5.10 Å². The Balaban J connectivity index is 1.78. The Bertz CT molecular complexity index is 804. The van der Waals surface area contributed by atoms with Gasteiger partial charge in [-0.3, -0.25) is 0 Å². The minimum Gasteiger partial charge on any atom is -0.460 e. The van der Waals surface area contributed by atoms with Gasteiger partial charge in [-0.25, -0.2) is 5.43 Å². The van der Waals surface area contributed by atoms with Crippen molar-refractivity contribution in [3.8, 4) is 6.01 Å². The molecule has 0 atom stereocenters. The molecule has 0 spiro atoms. The van der Waals surface area contributed by atoms with Crippen LogP contribution < -0.4 is 15.1 Å². The molecule has 2 N–H and O–H groups in total. The Labute approximate surface area is 163 Å². The minimum atomic E-state index is -1.00. The summed E-state index contributed by atoms with van der Waals surface area (Å²) in [6.45, 7) is 9.76. The number of furan rings is 1. The second-order valence-electron chi connectivity index (χ2n) is 7.20. The predicted octanol–water partition coefficient (Wildman–Crippen LogP) is 1.51. The summed E-state index contributed by atoms with van der Waals surface area (Å²) in [6, 6.07) is 1.99. The first-order chi connectivity index (χ1) is 13.3. The van der Waals surface area contributed by atoms with E-state index in [0.29, 0.717) is 44.0 Å². The lowest BCUT2D eigenvalue weighted by Gasteiger charge is -2.27. The van der Waals surface area contributed by atoms with Gasteiger partial charge in [0.25, 0.3) is 0 Å². The second-order valence-corrected chi connectivity index (χ2v) is 7.20. The van der Waals surface area contributed by atoms with Crippen LogP contribution >= 0.6 is 0 Å². The third kappa shape index (κ3) is 5.64. The number of nitrogens with zero attached hydrogens (tertiary/aromatic N) is 5. The number of hydrogen-bond donors (Lipinski definition) is 2. The second kappa shape index (κ2) is 8.53. The number of rotatable bonds is 7. The topological polar surface area (TPSA) is 118 Å². The Morgan fingerprint density at radius 2 is 2.04 bits per heavy atom. The summed E-state index contributed by atoms with van der Waals surface area (Å²) in [5.74, 6) is 2.17. The Hall–Kier alpha value is -2.72. The first kappa shape index (κ1) is 20.0. The maximum atomic E-state index is 9.89. The molecule has 0 aliphatic carbocycles. The molecule has 3 heterocycles. The molecule has 2 aromatic rings. The Kier molecular flexibility index (Phi) is 6.10. The van der Waals surface area contributed by atoms with Gasteiger partial charge < -0.3 is 23.9 Å². The molecule has 1 aliphatic rings. The van der Waals surface area contributed by atoms with E-state index in [9.17, 15) is 5.11 Å². The number of hydrazone groups is 1. The zero-order valence-electron chi connectivity index (χ0n) is 16.6. The number of hydrogen-bond acceptors (Lipinski definition) is 10. The van der Waals surface area contributed by atoms with Gasteiger partial charge in [0.1, 0.15) is 12.4 Å². The molecule has 2 aromatic heterocycles. The lowest BCUT2D eigenvalue weighted by molar-refractivity contribution is 0.0249. The molecule has 10 heteroatoms. The molecule has 0 amide bonds. The number of nitrogens with one attached hydrogen (secondary N) is 1. The Morgan fingerprint density at radius 1 is 1.29 bits per heavy atom. The van der Waals surface area contributed by atoms with Gasteiger partial charge in [-0.2, -0.15) is 20.1 Å². The van der Waals surface area contributed by atoms with Gasteiger partial charge in [-0.05, 0) is 33.3 Å². The number of anilines is 2. The summed E-state index contributed by atoms with van der Waals surface area (Å²) in [6.07, 6.45) is 1.47. The summed E-state index contributed by atoms with van der Waals surface area (Å²) in [5, 5.41) is 14.0. The summed E-state index contributed by atoms with van der Waals surface area (Å²) in [7, 11) is 0. The third-order valence-electron chi connectivity index (χ3n) is 3.99. The number of aromatic nitrogens is 3. The fourth-order valence-electron chi connectivity index (χ4n) is 2.41. The van der Waals surface area contributed by atoms with Crippen molar-refractivity contribution in [3.63, 3.8) is 0 Å². The van der Waals surface area contributed by atoms with Crippen molar-refractivity contribution in [1.82, 2.24) is 15.0 Å². The lowest BCUT2D eigenvalue weighted by Crippen LogP contribution is -2.37. The molecule has 0 unspecified atom stereocenters. The van der Waals surface area contributed by atoms with Gasteiger partial charge in [0.05, 0.1) is 25.0 Å². The molecule has 152 valence electrons. The fourth-order valence-corrected chi connectivity index (χ4v) is 2.41. The largest absolute Gasteiger partial charge is 0.460 e.